The Labute approximate surface area is 119 Å². The molecular weight excluding hydrogens is 269 g/mol. The monoisotopic (exact) mass is 296 g/mol. The zero-order chi connectivity index (χ0) is 15.2. The standard InChI is InChI=1S/C14H27F3N2O/c1-4-7-12-10-18-13(5-2,6-3)11-19(12)8-9-20-14(15,16)17/h12,18H,4-11H2,1-3H3. The molecule has 20 heavy (non-hydrogen) atoms. The normalized spacial score (nSPS) is 24.0. The van der Waals surface area contributed by atoms with Crippen molar-refractivity contribution in [2.45, 2.75) is 64.4 Å². The van der Waals surface area contributed by atoms with Gasteiger partial charge in [-0.05, 0) is 19.3 Å². The third kappa shape index (κ3) is 5.22. The smallest absolute Gasteiger partial charge is 0.308 e. The first-order valence-corrected chi connectivity index (χ1v) is 7.55. The molecule has 1 saturated heterocycles. The molecule has 0 bridgehead atoms. The Hall–Kier alpha value is -0.330. The van der Waals surface area contributed by atoms with E-state index in [1.165, 1.54) is 0 Å². The number of rotatable bonds is 7. The van der Waals surface area contributed by atoms with Gasteiger partial charge in [0.2, 0.25) is 0 Å². The summed E-state index contributed by atoms with van der Waals surface area (Å²) in [5.41, 5.74) is 0.0302. The SMILES string of the molecule is CCCC1CNC(CC)(CC)CN1CCOC(F)(F)F. The Kier molecular flexibility index (Phi) is 6.75. The van der Waals surface area contributed by atoms with Gasteiger partial charge in [0.15, 0.2) is 0 Å². The number of hydrogen-bond donors (Lipinski definition) is 1. The lowest BCUT2D eigenvalue weighted by molar-refractivity contribution is -0.325. The van der Waals surface area contributed by atoms with Crippen LogP contribution in [0.15, 0.2) is 0 Å². The van der Waals surface area contributed by atoms with Crippen LogP contribution in [0.1, 0.15) is 46.5 Å². The van der Waals surface area contributed by atoms with Gasteiger partial charge in [-0.15, -0.1) is 13.2 Å². The zero-order valence-electron chi connectivity index (χ0n) is 12.7. The van der Waals surface area contributed by atoms with Gasteiger partial charge < -0.3 is 5.32 Å². The Bertz CT molecular complexity index is 280. The van der Waals surface area contributed by atoms with Gasteiger partial charge in [-0.25, -0.2) is 0 Å². The van der Waals surface area contributed by atoms with Crippen molar-refractivity contribution in [2.24, 2.45) is 0 Å². The number of hydrogen-bond acceptors (Lipinski definition) is 3. The van der Waals surface area contributed by atoms with Gasteiger partial charge in [0.05, 0.1) is 6.61 Å². The minimum absolute atomic E-state index is 0.0302. The Morgan fingerprint density at radius 2 is 1.90 bits per heavy atom. The highest BCUT2D eigenvalue weighted by Crippen LogP contribution is 2.24. The molecule has 1 aliphatic heterocycles. The molecule has 120 valence electrons. The highest BCUT2D eigenvalue weighted by Gasteiger charge is 2.37. The first-order valence-electron chi connectivity index (χ1n) is 7.55. The van der Waals surface area contributed by atoms with Gasteiger partial charge >= 0.3 is 6.36 Å². The summed E-state index contributed by atoms with van der Waals surface area (Å²) in [6, 6.07) is 0.308. The Morgan fingerprint density at radius 3 is 2.40 bits per heavy atom. The van der Waals surface area contributed by atoms with Crippen molar-refractivity contribution >= 4 is 0 Å². The molecule has 0 radical (unpaired) electrons. The molecule has 1 heterocycles. The molecule has 1 atom stereocenters. The Balaban J connectivity index is 2.59. The summed E-state index contributed by atoms with van der Waals surface area (Å²) in [5, 5.41) is 3.60. The van der Waals surface area contributed by atoms with E-state index in [0.717, 1.165) is 38.8 Å². The second-order valence-electron chi connectivity index (χ2n) is 5.58. The van der Waals surface area contributed by atoms with Crippen LogP contribution in [0.2, 0.25) is 0 Å². The molecule has 0 amide bonds. The largest absolute Gasteiger partial charge is 0.522 e. The van der Waals surface area contributed by atoms with E-state index in [1.807, 2.05) is 0 Å². The number of alkyl halides is 3. The number of ether oxygens (including phenoxy) is 1. The van der Waals surface area contributed by atoms with Crippen LogP contribution in [0.5, 0.6) is 0 Å². The Morgan fingerprint density at radius 1 is 1.25 bits per heavy atom. The summed E-state index contributed by atoms with van der Waals surface area (Å²) in [6.07, 6.45) is -0.518. The van der Waals surface area contributed by atoms with Crippen molar-refractivity contribution in [3.8, 4) is 0 Å². The van der Waals surface area contributed by atoms with Crippen molar-refractivity contribution in [2.75, 3.05) is 26.2 Å². The minimum atomic E-state index is -4.53. The maximum absolute atomic E-state index is 12.1. The maximum Gasteiger partial charge on any atom is 0.522 e. The molecule has 0 aromatic heterocycles. The van der Waals surface area contributed by atoms with Crippen LogP contribution in [0.3, 0.4) is 0 Å². The molecular formula is C14H27F3N2O. The molecule has 0 spiro atoms. The van der Waals surface area contributed by atoms with Gasteiger partial charge in [-0.3, -0.25) is 9.64 Å². The van der Waals surface area contributed by atoms with Crippen molar-refractivity contribution in [3.63, 3.8) is 0 Å². The molecule has 0 aromatic rings. The molecule has 1 N–H and O–H groups in total. The summed E-state index contributed by atoms with van der Waals surface area (Å²) in [5.74, 6) is 0. The van der Waals surface area contributed by atoms with Crippen molar-refractivity contribution in [1.29, 1.82) is 0 Å². The van der Waals surface area contributed by atoms with E-state index in [0.29, 0.717) is 12.6 Å². The van der Waals surface area contributed by atoms with Crippen molar-refractivity contribution < 1.29 is 17.9 Å². The predicted molar refractivity (Wildman–Crippen MR) is 73.6 cm³/mol. The second-order valence-corrected chi connectivity index (χ2v) is 5.58. The van der Waals surface area contributed by atoms with E-state index in [9.17, 15) is 13.2 Å². The minimum Gasteiger partial charge on any atom is -0.308 e. The van der Waals surface area contributed by atoms with Gasteiger partial charge in [-0.2, -0.15) is 0 Å². The van der Waals surface area contributed by atoms with Gasteiger partial charge in [0.1, 0.15) is 0 Å². The lowest BCUT2D eigenvalue weighted by Gasteiger charge is -2.47. The van der Waals surface area contributed by atoms with Crippen LogP contribution in [-0.2, 0) is 4.74 Å². The first-order chi connectivity index (χ1) is 9.36. The fourth-order valence-electron chi connectivity index (χ4n) is 2.92. The predicted octanol–water partition coefficient (Wildman–Crippen LogP) is 3.16. The van der Waals surface area contributed by atoms with E-state index in [4.69, 9.17) is 0 Å². The molecule has 0 aromatic carbocycles. The van der Waals surface area contributed by atoms with Crippen LogP contribution in [-0.4, -0.2) is 49.1 Å². The van der Waals surface area contributed by atoms with Crippen LogP contribution < -0.4 is 5.32 Å². The second kappa shape index (κ2) is 7.61. The molecule has 1 fully saturated rings. The lowest BCUT2D eigenvalue weighted by atomic mass is 9.88. The molecule has 3 nitrogen and oxygen atoms in total. The van der Waals surface area contributed by atoms with E-state index in [2.05, 4.69) is 35.7 Å². The van der Waals surface area contributed by atoms with E-state index in [-0.39, 0.29) is 12.1 Å². The average molecular weight is 296 g/mol. The van der Waals surface area contributed by atoms with E-state index in [1.54, 1.807) is 0 Å². The summed E-state index contributed by atoms with van der Waals surface area (Å²) in [4.78, 5) is 2.17. The highest BCUT2D eigenvalue weighted by atomic mass is 19.4. The van der Waals surface area contributed by atoms with Gasteiger partial charge in [0.25, 0.3) is 0 Å². The van der Waals surface area contributed by atoms with Crippen molar-refractivity contribution in [1.82, 2.24) is 10.2 Å². The van der Waals surface area contributed by atoms with Crippen LogP contribution in [0.4, 0.5) is 13.2 Å². The van der Waals surface area contributed by atoms with Crippen LogP contribution in [0, 0.1) is 0 Å². The zero-order valence-corrected chi connectivity index (χ0v) is 12.7. The molecule has 1 aliphatic rings. The van der Waals surface area contributed by atoms with Crippen LogP contribution in [0.25, 0.3) is 0 Å². The summed E-state index contributed by atoms with van der Waals surface area (Å²) in [6.45, 7) is 8.06. The summed E-state index contributed by atoms with van der Waals surface area (Å²) in [7, 11) is 0. The summed E-state index contributed by atoms with van der Waals surface area (Å²) < 4.78 is 40.2. The third-order valence-electron chi connectivity index (χ3n) is 4.35. The number of piperazine rings is 1. The molecule has 1 unspecified atom stereocenters. The number of nitrogens with zero attached hydrogens (tertiary/aromatic N) is 1. The number of halogens is 3. The lowest BCUT2D eigenvalue weighted by Crippen LogP contribution is -2.64. The quantitative estimate of drug-likeness (QED) is 0.781. The first kappa shape index (κ1) is 17.7. The maximum atomic E-state index is 12.1. The van der Waals surface area contributed by atoms with Crippen molar-refractivity contribution in [3.05, 3.63) is 0 Å². The number of nitrogens with one attached hydrogen (secondary N) is 1. The summed E-state index contributed by atoms with van der Waals surface area (Å²) >= 11 is 0. The molecule has 1 rings (SSSR count). The average Bonchev–Trinajstić information content (AvgIpc) is 2.39. The molecule has 6 heteroatoms. The van der Waals surface area contributed by atoms with Gasteiger partial charge in [0, 0.05) is 31.2 Å². The van der Waals surface area contributed by atoms with E-state index >= 15 is 0 Å². The van der Waals surface area contributed by atoms with Gasteiger partial charge in [-0.1, -0.05) is 27.2 Å². The topological polar surface area (TPSA) is 24.5 Å². The highest BCUT2D eigenvalue weighted by molar-refractivity contribution is 4.96. The molecule has 0 aliphatic carbocycles. The fourth-order valence-corrected chi connectivity index (χ4v) is 2.92. The third-order valence-corrected chi connectivity index (χ3v) is 4.35. The van der Waals surface area contributed by atoms with E-state index < -0.39 is 6.36 Å². The van der Waals surface area contributed by atoms with Crippen LogP contribution >= 0.6 is 0 Å². The molecule has 0 saturated carbocycles. The fraction of sp³-hybridized carbons (Fsp3) is 1.00.